The summed E-state index contributed by atoms with van der Waals surface area (Å²) in [4.78, 5) is 4.01. The van der Waals surface area contributed by atoms with E-state index in [-0.39, 0.29) is 0 Å². The molecule has 1 aromatic rings. The van der Waals surface area contributed by atoms with Crippen molar-refractivity contribution in [2.75, 3.05) is 13.2 Å². The third-order valence-corrected chi connectivity index (χ3v) is 2.94. The van der Waals surface area contributed by atoms with Crippen LogP contribution in [0.25, 0.3) is 0 Å². The van der Waals surface area contributed by atoms with Crippen LogP contribution in [0.3, 0.4) is 0 Å². The Hall–Kier alpha value is -0.870. The molecule has 0 bridgehead atoms. The second-order valence-electron chi connectivity index (χ2n) is 4.08. The van der Waals surface area contributed by atoms with E-state index < -0.39 is 0 Å². The molecule has 0 unspecified atom stereocenters. The SMILES string of the molecule is C[C@H]1OCC[C@H]1NCCCn1ccnc1. The Labute approximate surface area is 90.6 Å². The highest BCUT2D eigenvalue weighted by atomic mass is 16.5. The summed E-state index contributed by atoms with van der Waals surface area (Å²) in [5.74, 6) is 0. The summed E-state index contributed by atoms with van der Waals surface area (Å²) >= 11 is 0. The highest BCUT2D eigenvalue weighted by molar-refractivity contribution is 4.79. The summed E-state index contributed by atoms with van der Waals surface area (Å²) in [6, 6.07) is 0.549. The van der Waals surface area contributed by atoms with E-state index in [1.807, 2.05) is 18.7 Å². The predicted molar refractivity (Wildman–Crippen MR) is 58.7 cm³/mol. The van der Waals surface area contributed by atoms with Crippen LogP contribution < -0.4 is 5.32 Å². The van der Waals surface area contributed by atoms with Gasteiger partial charge in [0.1, 0.15) is 0 Å². The van der Waals surface area contributed by atoms with Gasteiger partial charge in [-0.25, -0.2) is 4.98 Å². The average molecular weight is 209 g/mol. The number of nitrogens with one attached hydrogen (secondary N) is 1. The van der Waals surface area contributed by atoms with Crippen molar-refractivity contribution in [3.05, 3.63) is 18.7 Å². The van der Waals surface area contributed by atoms with Crippen molar-refractivity contribution in [2.45, 2.75) is 38.5 Å². The Bertz CT molecular complexity index is 273. The smallest absolute Gasteiger partial charge is 0.0945 e. The number of aromatic nitrogens is 2. The first-order valence-electron chi connectivity index (χ1n) is 5.67. The van der Waals surface area contributed by atoms with Gasteiger partial charge in [0, 0.05) is 31.6 Å². The number of aryl methyl sites for hydroxylation is 1. The van der Waals surface area contributed by atoms with Gasteiger partial charge in [0.25, 0.3) is 0 Å². The monoisotopic (exact) mass is 209 g/mol. The Balaban J connectivity index is 1.59. The van der Waals surface area contributed by atoms with E-state index in [0.717, 1.165) is 32.5 Å². The zero-order chi connectivity index (χ0) is 10.5. The van der Waals surface area contributed by atoms with Crippen LogP contribution in [0.1, 0.15) is 19.8 Å². The van der Waals surface area contributed by atoms with Crippen molar-refractivity contribution >= 4 is 0 Å². The van der Waals surface area contributed by atoms with Crippen LogP contribution in [0.2, 0.25) is 0 Å². The van der Waals surface area contributed by atoms with E-state index in [1.165, 1.54) is 0 Å². The van der Waals surface area contributed by atoms with Crippen LogP contribution in [0.5, 0.6) is 0 Å². The first-order chi connectivity index (χ1) is 7.36. The van der Waals surface area contributed by atoms with Crippen molar-refractivity contribution in [3.63, 3.8) is 0 Å². The van der Waals surface area contributed by atoms with Gasteiger partial charge in [-0.1, -0.05) is 0 Å². The maximum Gasteiger partial charge on any atom is 0.0945 e. The summed E-state index contributed by atoms with van der Waals surface area (Å²) in [6.45, 7) is 5.13. The van der Waals surface area contributed by atoms with Crippen LogP contribution >= 0.6 is 0 Å². The Morgan fingerprint density at radius 2 is 2.53 bits per heavy atom. The summed E-state index contributed by atoms with van der Waals surface area (Å²) in [6.07, 6.45) is 8.34. The molecule has 0 spiro atoms. The lowest BCUT2D eigenvalue weighted by molar-refractivity contribution is 0.113. The van der Waals surface area contributed by atoms with Crippen molar-refractivity contribution in [1.29, 1.82) is 0 Å². The van der Waals surface area contributed by atoms with Gasteiger partial charge >= 0.3 is 0 Å². The van der Waals surface area contributed by atoms with Gasteiger partial charge in [-0.05, 0) is 26.3 Å². The van der Waals surface area contributed by atoms with Crippen LogP contribution in [-0.2, 0) is 11.3 Å². The van der Waals surface area contributed by atoms with Gasteiger partial charge in [-0.3, -0.25) is 0 Å². The number of hydrogen-bond acceptors (Lipinski definition) is 3. The number of ether oxygens (including phenoxy) is 1. The minimum absolute atomic E-state index is 0.373. The highest BCUT2D eigenvalue weighted by Gasteiger charge is 2.22. The highest BCUT2D eigenvalue weighted by Crippen LogP contribution is 2.12. The molecule has 15 heavy (non-hydrogen) atoms. The number of nitrogens with zero attached hydrogens (tertiary/aromatic N) is 2. The minimum Gasteiger partial charge on any atom is -0.377 e. The molecule has 0 aromatic carbocycles. The van der Waals surface area contributed by atoms with Crippen LogP contribution in [0.4, 0.5) is 0 Å². The molecule has 4 nitrogen and oxygen atoms in total. The summed E-state index contributed by atoms with van der Waals surface area (Å²) in [7, 11) is 0. The van der Waals surface area contributed by atoms with Crippen molar-refractivity contribution in [2.24, 2.45) is 0 Å². The van der Waals surface area contributed by atoms with E-state index in [4.69, 9.17) is 4.74 Å². The molecular formula is C11H19N3O. The molecule has 1 aliphatic rings. The van der Waals surface area contributed by atoms with Gasteiger partial charge < -0.3 is 14.6 Å². The third kappa shape index (κ3) is 3.04. The van der Waals surface area contributed by atoms with E-state index in [2.05, 4.69) is 21.8 Å². The first-order valence-corrected chi connectivity index (χ1v) is 5.67. The third-order valence-electron chi connectivity index (χ3n) is 2.94. The fourth-order valence-corrected chi connectivity index (χ4v) is 1.97. The Morgan fingerprint density at radius 1 is 1.60 bits per heavy atom. The zero-order valence-electron chi connectivity index (χ0n) is 9.22. The standard InChI is InChI=1S/C11H19N3O/c1-10-11(3-8-15-10)13-4-2-6-14-7-5-12-9-14/h5,7,9-11,13H,2-4,6,8H2,1H3/t10-,11-/m1/s1. The molecule has 0 saturated carbocycles. The molecule has 1 N–H and O–H groups in total. The fourth-order valence-electron chi connectivity index (χ4n) is 1.97. The number of rotatable bonds is 5. The maximum absolute atomic E-state index is 5.49. The van der Waals surface area contributed by atoms with Gasteiger partial charge in [0.15, 0.2) is 0 Å². The van der Waals surface area contributed by atoms with Crippen LogP contribution in [0, 0.1) is 0 Å². The average Bonchev–Trinajstić information content (AvgIpc) is 2.85. The molecule has 1 saturated heterocycles. The summed E-state index contributed by atoms with van der Waals surface area (Å²) < 4.78 is 7.60. The van der Waals surface area contributed by atoms with Gasteiger partial charge in [-0.15, -0.1) is 0 Å². The summed E-state index contributed by atoms with van der Waals surface area (Å²) in [5, 5.41) is 3.54. The maximum atomic E-state index is 5.49. The zero-order valence-corrected chi connectivity index (χ0v) is 9.22. The van der Waals surface area contributed by atoms with Crippen molar-refractivity contribution in [3.8, 4) is 0 Å². The van der Waals surface area contributed by atoms with Gasteiger partial charge in [-0.2, -0.15) is 0 Å². The lowest BCUT2D eigenvalue weighted by Gasteiger charge is -2.15. The number of hydrogen-bond donors (Lipinski definition) is 1. The molecular weight excluding hydrogens is 190 g/mol. The second-order valence-corrected chi connectivity index (χ2v) is 4.08. The summed E-state index contributed by atoms with van der Waals surface area (Å²) in [5.41, 5.74) is 0. The molecule has 2 atom stereocenters. The van der Waals surface area contributed by atoms with E-state index >= 15 is 0 Å². The van der Waals surface area contributed by atoms with Gasteiger partial charge in [0.05, 0.1) is 12.4 Å². The largest absolute Gasteiger partial charge is 0.377 e. The molecule has 1 aromatic heterocycles. The predicted octanol–water partition coefficient (Wildman–Crippen LogP) is 1.04. The lowest BCUT2D eigenvalue weighted by Crippen LogP contribution is -2.35. The second kappa shape index (κ2) is 5.28. The van der Waals surface area contributed by atoms with E-state index in [9.17, 15) is 0 Å². The molecule has 2 heterocycles. The Morgan fingerprint density at radius 3 is 3.20 bits per heavy atom. The topological polar surface area (TPSA) is 39.1 Å². The molecule has 0 amide bonds. The lowest BCUT2D eigenvalue weighted by atomic mass is 10.1. The number of imidazole rings is 1. The fraction of sp³-hybridized carbons (Fsp3) is 0.727. The molecule has 1 aliphatic heterocycles. The molecule has 2 rings (SSSR count). The van der Waals surface area contributed by atoms with Gasteiger partial charge in [0.2, 0.25) is 0 Å². The van der Waals surface area contributed by atoms with Crippen LogP contribution in [-0.4, -0.2) is 34.8 Å². The van der Waals surface area contributed by atoms with E-state index in [0.29, 0.717) is 12.1 Å². The van der Waals surface area contributed by atoms with Crippen LogP contribution in [0.15, 0.2) is 18.7 Å². The van der Waals surface area contributed by atoms with E-state index in [1.54, 1.807) is 0 Å². The molecule has 84 valence electrons. The minimum atomic E-state index is 0.373. The molecule has 1 fully saturated rings. The molecule has 4 heteroatoms. The van der Waals surface area contributed by atoms with Crippen molar-refractivity contribution in [1.82, 2.24) is 14.9 Å². The molecule has 0 aliphatic carbocycles. The molecule has 0 radical (unpaired) electrons. The Kier molecular flexibility index (Phi) is 3.75. The van der Waals surface area contributed by atoms with Crippen molar-refractivity contribution < 1.29 is 4.74 Å². The quantitative estimate of drug-likeness (QED) is 0.736. The first kappa shape index (κ1) is 10.6. The normalized spacial score (nSPS) is 25.9.